The highest BCUT2D eigenvalue weighted by atomic mass is 35.5. The molecule has 1 unspecified atom stereocenters. The molecule has 0 radical (unpaired) electrons. The highest BCUT2D eigenvalue weighted by Crippen LogP contribution is 2.28. The number of aryl methyl sites for hydroxylation is 2. The first-order valence-electron chi connectivity index (χ1n) is 11.8. The first-order valence-corrected chi connectivity index (χ1v) is 14.4. The van der Waals surface area contributed by atoms with Crippen LogP contribution in [0.15, 0.2) is 36.4 Å². The minimum Gasteiger partial charge on any atom is -0.354 e. The van der Waals surface area contributed by atoms with E-state index in [1.54, 1.807) is 44.2 Å². The lowest BCUT2D eigenvalue weighted by Gasteiger charge is -2.33. The van der Waals surface area contributed by atoms with Crippen LogP contribution in [0.2, 0.25) is 10.0 Å². The molecule has 1 N–H and O–H groups in total. The number of halogens is 2. The molecule has 0 saturated carbocycles. The molecular formula is C26H35Cl2N3O4S. The maximum atomic E-state index is 13.8. The molecule has 7 nitrogen and oxygen atoms in total. The van der Waals surface area contributed by atoms with Crippen molar-refractivity contribution in [3.05, 3.63) is 63.1 Å². The van der Waals surface area contributed by atoms with Gasteiger partial charge in [-0.05, 0) is 55.0 Å². The fourth-order valence-corrected chi connectivity index (χ4v) is 5.38. The highest BCUT2D eigenvalue weighted by molar-refractivity contribution is 7.92. The van der Waals surface area contributed by atoms with Crippen molar-refractivity contribution in [3.63, 3.8) is 0 Å². The summed E-state index contributed by atoms with van der Waals surface area (Å²) in [6.45, 7) is 9.38. The number of sulfonamides is 1. The minimum atomic E-state index is -3.81. The van der Waals surface area contributed by atoms with Crippen LogP contribution in [0.5, 0.6) is 0 Å². The Bertz CT molecular complexity index is 1180. The van der Waals surface area contributed by atoms with Gasteiger partial charge in [0.2, 0.25) is 21.8 Å². The quantitative estimate of drug-likeness (QED) is 0.424. The second-order valence-electron chi connectivity index (χ2n) is 9.33. The van der Waals surface area contributed by atoms with Crippen LogP contribution in [0.25, 0.3) is 0 Å². The molecule has 0 heterocycles. The number of hydrogen-bond donors (Lipinski definition) is 1. The fraction of sp³-hybridized carbons (Fsp3) is 0.462. The van der Waals surface area contributed by atoms with E-state index in [9.17, 15) is 18.0 Å². The summed E-state index contributed by atoms with van der Waals surface area (Å²) in [6.07, 6.45) is 1.41. The molecule has 2 aromatic carbocycles. The van der Waals surface area contributed by atoms with E-state index >= 15 is 0 Å². The van der Waals surface area contributed by atoms with E-state index in [2.05, 4.69) is 5.32 Å². The number of hydrogen-bond acceptors (Lipinski definition) is 4. The molecule has 0 aliphatic rings. The molecule has 0 spiro atoms. The van der Waals surface area contributed by atoms with Crippen LogP contribution >= 0.6 is 23.2 Å². The Balaban J connectivity index is 2.51. The number of nitrogens with one attached hydrogen (secondary N) is 1. The number of nitrogens with zero attached hydrogens (tertiary/aromatic N) is 2. The molecule has 2 amide bonds. The first-order chi connectivity index (χ1) is 16.8. The van der Waals surface area contributed by atoms with Gasteiger partial charge in [-0.1, -0.05) is 68.2 Å². The van der Waals surface area contributed by atoms with Gasteiger partial charge >= 0.3 is 0 Å². The molecule has 0 fully saturated rings. The average Bonchev–Trinajstić information content (AvgIpc) is 2.77. The lowest BCUT2D eigenvalue weighted by molar-refractivity contribution is -0.140. The van der Waals surface area contributed by atoms with Gasteiger partial charge in [-0.15, -0.1) is 0 Å². The van der Waals surface area contributed by atoms with E-state index in [0.717, 1.165) is 21.7 Å². The highest BCUT2D eigenvalue weighted by Gasteiger charge is 2.32. The van der Waals surface area contributed by atoms with Crippen molar-refractivity contribution in [2.24, 2.45) is 5.92 Å². The Morgan fingerprint density at radius 3 is 2.17 bits per heavy atom. The van der Waals surface area contributed by atoms with Crippen LogP contribution in [-0.2, 0) is 26.2 Å². The molecule has 0 bridgehead atoms. The standard InChI is InChI=1S/C26H35Cl2N3O4S/c1-7-23(26(33)29-14-17(2)3)30(15-20-11-12-21(27)13-22(20)28)24(32)16-31(36(6,34)35)25-18(4)9-8-10-19(25)5/h8-13,17,23H,7,14-16H2,1-6H3,(H,29,33). The number of anilines is 1. The fourth-order valence-electron chi connectivity index (χ4n) is 3.95. The van der Waals surface area contributed by atoms with Gasteiger partial charge in [0.25, 0.3) is 0 Å². The third kappa shape index (κ3) is 7.85. The topological polar surface area (TPSA) is 86.8 Å². The SMILES string of the molecule is CCC(C(=O)NCC(C)C)N(Cc1ccc(Cl)cc1Cl)C(=O)CN(c1c(C)cccc1C)S(C)(=O)=O. The van der Waals surface area contributed by atoms with Crippen LogP contribution in [0, 0.1) is 19.8 Å². The predicted octanol–water partition coefficient (Wildman–Crippen LogP) is 4.96. The predicted molar refractivity (Wildman–Crippen MR) is 147 cm³/mol. The smallest absolute Gasteiger partial charge is 0.244 e. The molecule has 2 rings (SSSR count). The van der Waals surface area contributed by atoms with Crippen molar-refractivity contribution in [1.29, 1.82) is 0 Å². The van der Waals surface area contributed by atoms with Gasteiger partial charge in [0.15, 0.2) is 0 Å². The Morgan fingerprint density at radius 1 is 1.06 bits per heavy atom. The summed E-state index contributed by atoms with van der Waals surface area (Å²) in [6, 6.07) is 9.53. The number of carbonyl (C=O) groups excluding carboxylic acids is 2. The molecule has 0 saturated heterocycles. The number of carbonyl (C=O) groups is 2. The summed E-state index contributed by atoms with van der Waals surface area (Å²) < 4.78 is 26.8. The summed E-state index contributed by atoms with van der Waals surface area (Å²) in [7, 11) is -3.81. The van der Waals surface area contributed by atoms with E-state index in [-0.39, 0.29) is 18.4 Å². The zero-order valence-corrected chi connectivity index (χ0v) is 24.0. The lowest BCUT2D eigenvalue weighted by atomic mass is 10.1. The minimum absolute atomic E-state index is 0.0206. The molecule has 198 valence electrons. The summed E-state index contributed by atoms with van der Waals surface area (Å²) in [5, 5.41) is 3.69. The zero-order valence-electron chi connectivity index (χ0n) is 21.6. The second kappa shape index (κ2) is 12.8. The summed E-state index contributed by atoms with van der Waals surface area (Å²) in [5.41, 5.74) is 2.50. The van der Waals surface area contributed by atoms with Gasteiger partial charge in [0.05, 0.1) is 11.9 Å². The molecule has 36 heavy (non-hydrogen) atoms. The maximum Gasteiger partial charge on any atom is 0.244 e. The number of para-hydroxylation sites is 1. The van der Waals surface area contributed by atoms with E-state index in [1.165, 1.54) is 4.90 Å². The van der Waals surface area contributed by atoms with Crippen molar-refractivity contribution in [2.75, 3.05) is 23.7 Å². The molecule has 0 aromatic heterocycles. The Labute approximate surface area is 224 Å². The average molecular weight is 557 g/mol. The monoisotopic (exact) mass is 555 g/mol. The number of amides is 2. The Morgan fingerprint density at radius 2 is 1.67 bits per heavy atom. The summed E-state index contributed by atoms with van der Waals surface area (Å²) in [4.78, 5) is 28.3. The van der Waals surface area contributed by atoms with Gasteiger partial charge in [-0.3, -0.25) is 13.9 Å². The third-order valence-electron chi connectivity index (χ3n) is 5.79. The van der Waals surface area contributed by atoms with Gasteiger partial charge < -0.3 is 10.2 Å². The van der Waals surface area contributed by atoms with Crippen molar-refractivity contribution in [3.8, 4) is 0 Å². The molecule has 2 aromatic rings. The van der Waals surface area contributed by atoms with Crippen molar-refractivity contribution >= 4 is 50.7 Å². The van der Waals surface area contributed by atoms with Crippen molar-refractivity contribution < 1.29 is 18.0 Å². The van der Waals surface area contributed by atoms with Gasteiger partial charge in [-0.2, -0.15) is 0 Å². The molecule has 0 aliphatic carbocycles. The molecule has 0 aliphatic heterocycles. The van der Waals surface area contributed by atoms with E-state index in [0.29, 0.717) is 34.3 Å². The van der Waals surface area contributed by atoms with Crippen LogP contribution in [0.4, 0.5) is 5.69 Å². The largest absolute Gasteiger partial charge is 0.354 e. The lowest BCUT2D eigenvalue weighted by Crippen LogP contribution is -2.52. The van der Waals surface area contributed by atoms with Gasteiger partial charge in [-0.25, -0.2) is 8.42 Å². The molecule has 1 atom stereocenters. The third-order valence-corrected chi connectivity index (χ3v) is 7.49. The normalized spacial score (nSPS) is 12.4. The van der Waals surface area contributed by atoms with E-state index < -0.39 is 28.5 Å². The summed E-state index contributed by atoms with van der Waals surface area (Å²) >= 11 is 12.4. The van der Waals surface area contributed by atoms with Crippen LogP contribution < -0.4 is 9.62 Å². The van der Waals surface area contributed by atoms with Crippen LogP contribution in [-0.4, -0.2) is 50.5 Å². The number of benzene rings is 2. The van der Waals surface area contributed by atoms with Gasteiger partial charge in [0.1, 0.15) is 12.6 Å². The van der Waals surface area contributed by atoms with E-state index in [4.69, 9.17) is 23.2 Å². The Kier molecular flexibility index (Phi) is 10.6. The summed E-state index contributed by atoms with van der Waals surface area (Å²) in [5.74, 6) is -0.589. The van der Waals surface area contributed by atoms with Crippen LogP contribution in [0.3, 0.4) is 0 Å². The molecule has 10 heteroatoms. The van der Waals surface area contributed by atoms with Crippen molar-refractivity contribution in [2.45, 2.75) is 53.6 Å². The first kappa shape index (κ1) is 29.9. The maximum absolute atomic E-state index is 13.8. The molecular weight excluding hydrogens is 521 g/mol. The van der Waals surface area contributed by atoms with Crippen LogP contribution in [0.1, 0.15) is 43.9 Å². The zero-order chi connectivity index (χ0) is 27.2. The van der Waals surface area contributed by atoms with Gasteiger partial charge in [0, 0.05) is 23.1 Å². The second-order valence-corrected chi connectivity index (χ2v) is 12.1. The number of rotatable bonds is 11. The Hall–Kier alpha value is -2.29. The van der Waals surface area contributed by atoms with E-state index in [1.807, 2.05) is 26.8 Å². The van der Waals surface area contributed by atoms with Crippen molar-refractivity contribution in [1.82, 2.24) is 10.2 Å².